The van der Waals surface area contributed by atoms with Gasteiger partial charge in [0.1, 0.15) is 11.3 Å². The number of carbonyl (C=O) groups excluding carboxylic acids is 1. The second kappa shape index (κ2) is 7.87. The van der Waals surface area contributed by atoms with Crippen molar-refractivity contribution in [2.45, 2.75) is 51.4 Å². The highest BCUT2D eigenvalue weighted by Crippen LogP contribution is 2.29. The van der Waals surface area contributed by atoms with Gasteiger partial charge in [-0.2, -0.15) is 4.98 Å². The molecule has 0 aromatic carbocycles. The Balaban J connectivity index is 1.47. The molecule has 2 aromatic heterocycles. The molecular formula is C20H25N3O5. The lowest BCUT2D eigenvalue weighted by molar-refractivity contribution is 0.0699. The third kappa shape index (κ3) is 3.73. The lowest BCUT2D eigenvalue weighted by Crippen LogP contribution is -2.40. The molecule has 4 heterocycles. The Kier molecular flexibility index (Phi) is 5.30. The minimum Gasteiger partial charge on any atom is -0.427 e. The molecule has 28 heavy (non-hydrogen) atoms. The summed E-state index contributed by atoms with van der Waals surface area (Å²) in [6, 6.07) is 1.85. The molecule has 2 saturated heterocycles. The molecule has 0 radical (unpaired) electrons. The summed E-state index contributed by atoms with van der Waals surface area (Å²) in [7, 11) is 0. The minimum absolute atomic E-state index is 0.143. The smallest absolute Gasteiger partial charge is 0.349 e. The number of likely N-dealkylation sites (tertiary alicyclic amines) is 1. The summed E-state index contributed by atoms with van der Waals surface area (Å²) in [6.45, 7) is 6.02. The molecule has 150 valence electrons. The summed E-state index contributed by atoms with van der Waals surface area (Å²) in [5.74, 6) is 2.00. The fourth-order valence-corrected chi connectivity index (χ4v) is 4.05. The Bertz CT molecular complexity index is 905. The van der Waals surface area contributed by atoms with E-state index in [0.29, 0.717) is 49.3 Å². The molecule has 8 heteroatoms. The molecule has 4 rings (SSSR count). The fraction of sp³-hybridized carbons (Fsp3) is 0.600. The Morgan fingerprint density at radius 1 is 1.11 bits per heavy atom. The number of rotatable bonds is 3. The zero-order valence-electron chi connectivity index (χ0n) is 16.3. The number of ether oxygens (including phenoxy) is 1. The predicted molar refractivity (Wildman–Crippen MR) is 99.4 cm³/mol. The van der Waals surface area contributed by atoms with Crippen LogP contribution in [0.15, 0.2) is 19.8 Å². The van der Waals surface area contributed by atoms with Crippen molar-refractivity contribution in [1.82, 2.24) is 15.0 Å². The second-order valence-corrected chi connectivity index (χ2v) is 7.62. The molecule has 8 nitrogen and oxygen atoms in total. The maximum Gasteiger partial charge on any atom is 0.349 e. The van der Waals surface area contributed by atoms with Crippen LogP contribution < -0.4 is 5.63 Å². The highest BCUT2D eigenvalue weighted by Gasteiger charge is 2.30. The Morgan fingerprint density at radius 3 is 2.43 bits per heavy atom. The van der Waals surface area contributed by atoms with Gasteiger partial charge in [-0.3, -0.25) is 4.79 Å². The number of aromatic nitrogens is 2. The number of amides is 1. The molecule has 2 aliphatic heterocycles. The van der Waals surface area contributed by atoms with Crippen molar-refractivity contribution in [3.05, 3.63) is 45.1 Å². The summed E-state index contributed by atoms with van der Waals surface area (Å²) in [6.07, 6.45) is 3.15. The molecule has 0 aliphatic carbocycles. The van der Waals surface area contributed by atoms with E-state index in [2.05, 4.69) is 10.1 Å². The van der Waals surface area contributed by atoms with E-state index in [1.165, 1.54) is 0 Å². The summed E-state index contributed by atoms with van der Waals surface area (Å²) < 4.78 is 16.0. The molecule has 2 fully saturated rings. The molecule has 0 bridgehead atoms. The van der Waals surface area contributed by atoms with Crippen LogP contribution in [0.4, 0.5) is 0 Å². The van der Waals surface area contributed by atoms with Crippen LogP contribution in [0.1, 0.15) is 70.9 Å². The van der Waals surface area contributed by atoms with Crippen LogP contribution in [-0.4, -0.2) is 47.3 Å². The third-order valence-electron chi connectivity index (χ3n) is 5.70. The van der Waals surface area contributed by atoms with Crippen molar-refractivity contribution in [1.29, 1.82) is 0 Å². The van der Waals surface area contributed by atoms with Gasteiger partial charge in [0.25, 0.3) is 5.91 Å². The first kappa shape index (κ1) is 18.9. The molecule has 0 atom stereocenters. The summed E-state index contributed by atoms with van der Waals surface area (Å²) >= 11 is 0. The third-order valence-corrected chi connectivity index (χ3v) is 5.70. The number of piperidine rings is 1. The molecule has 0 saturated carbocycles. The van der Waals surface area contributed by atoms with E-state index in [1.54, 1.807) is 11.8 Å². The maximum atomic E-state index is 13.0. The van der Waals surface area contributed by atoms with Gasteiger partial charge in [0, 0.05) is 45.1 Å². The van der Waals surface area contributed by atoms with Crippen molar-refractivity contribution < 1.29 is 18.5 Å². The molecule has 0 spiro atoms. The first-order valence-electron chi connectivity index (χ1n) is 9.85. The van der Waals surface area contributed by atoms with Gasteiger partial charge in [0.15, 0.2) is 5.82 Å². The van der Waals surface area contributed by atoms with Crippen molar-refractivity contribution in [2.24, 2.45) is 0 Å². The normalized spacial score (nSPS) is 19.1. The van der Waals surface area contributed by atoms with Crippen LogP contribution in [0.25, 0.3) is 0 Å². The van der Waals surface area contributed by atoms with E-state index in [4.69, 9.17) is 13.7 Å². The lowest BCUT2D eigenvalue weighted by atomic mass is 9.94. The number of hydrogen-bond donors (Lipinski definition) is 0. The largest absolute Gasteiger partial charge is 0.427 e. The van der Waals surface area contributed by atoms with E-state index in [1.807, 2.05) is 13.0 Å². The topological polar surface area (TPSA) is 98.7 Å². The van der Waals surface area contributed by atoms with Crippen LogP contribution >= 0.6 is 0 Å². The van der Waals surface area contributed by atoms with Crippen LogP contribution in [0.3, 0.4) is 0 Å². The van der Waals surface area contributed by atoms with E-state index in [-0.39, 0.29) is 23.3 Å². The first-order valence-corrected chi connectivity index (χ1v) is 9.85. The van der Waals surface area contributed by atoms with Crippen LogP contribution in [0.5, 0.6) is 0 Å². The van der Waals surface area contributed by atoms with E-state index >= 15 is 0 Å². The molecule has 2 aliphatic rings. The standard InChI is InChI=1S/C20H25N3O5/c1-12-11-16(14-5-9-26-10-6-14)27-20(25)17(12)19(24)23-7-3-15(4-8-23)18-21-13(2)28-22-18/h11,14-15H,3-10H2,1-2H3. The SMILES string of the molecule is Cc1nc(C2CCN(C(=O)c3c(C)cc(C4CCOCC4)oc3=O)CC2)no1. The predicted octanol–water partition coefficient (Wildman–Crippen LogP) is 2.55. The van der Waals surface area contributed by atoms with Crippen LogP contribution in [-0.2, 0) is 4.74 Å². The van der Waals surface area contributed by atoms with Crippen molar-refractivity contribution >= 4 is 5.91 Å². The Hall–Kier alpha value is -2.48. The zero-order valence-corrected chi connectivity index (χ0v) is 16.3. The van der Waals surface area contributed by atoms with E-state index < -0.39 is 5.63 Å². The summed E-state index contributed by atoms with van der Waals surface area (Å²) in [4.78, 5) is 31.6. The van der Waals surface area contributed by atoms with Gasteiger partial charge in [0.2, 0.25) is 5.89 Å². The lowest BCUT2D eigenvalue weighted by Gasteiger charge is -2.30. The average molecular weight is 387 g/mol. The molecular weight excluding hydrogens is 362 g/mol. The fourth-order valence-electron chi connectivity index (χ4n) is 4.05. The molecule has 2 aromatic rings. The summed E-state index contributed by atoms with van der Waals surface area (Å²) in [5.41, 5.74) is 0.283. The van der Waals surface area contributed by atoms with Crippen LogP contribution in [0.2, 0.25) is 0 Å². The summed E-state index contributed by atoms with van der Waals surface area (Å²) in [5, 5.41) is 3.99. The first-order chi connectivity index (χ1) is 13.5. The van der Waals surface area contributed by atoms with Gasteiger partial charge in [-0.1, -0.05) is 5.16 Å². The molecule has 0 N–H and O–H groups in total. The van der Waals surface area contributed by atoms with E-state index in [9.17, 15) is 9.59 Å². The number of nitrogens with zero attached hydrogens (tertiary/aromatic N) is 3. The van der Waals surface area contributed by atoms with Gasteiger partial charge in [-0.15, -0.1) is 0 Å². The molecule has 0 unspecified atom stereocenters. The van der Waals surface area contributed by atoms with Crippen molar-refractivity contribution in [3.63, 3.8) is 0 Å². The average Bonchev–Trinajstić information content (AvgIpc) is 3.14. The van der Waals surface area contributed by atoms with Gasteiger partial charge < -0.3 is 18.6 Å². The Morgan fingerprint density at radius 2 is 1.82 bits per heavy atom. The van der Waals surface area contributed by atoms with Crippen molar-refractivity contribution in [2.75, 3.05) is 26.3 Å². The van der Waals surface area contributed by atoms with Gasteiger partial charge in [-0.05, 0) is 44.2 Å². The van der Waals surface area contributed by atoms with E-state index in [0.717, 1.165) is 25.7 Å². The Labute approximate surface area is 162 Å². The maximum absolute atomic E-state index is 13.0. The highest BCUT2D eigenvalue weighted by molar-refractivity contribution is 5.95. The number of aryl methyl sites for hydroxylation is 2. The second-order valence-electron chi connectivity index (χ2n) is 7.62. The van der Waals surface area contributed by atoms with Gasteiger partial charge >= 0.3 is 5.63 Å². The van der Waals surface area contributed by atoms with Gasteiger partial charge in [-0.25, -0.2) is 4.79 Å². The zero-order chi connectivity index (χ0) is 19.7. The van der Waals surface area contributed by atoms with Crippen LogP contribution in [0, 0.1) is 13.8 Å². The number of hydrogen-bond acceptors (Lipinski definition) is 7. The van der Waals surface area contributed by atoms with Gasteiger partial charge in [0.05, 0.1) is 0 Å². The monoisotopic (exact) mass is 387 g/mol. The quantitative estimate of drug-likeness (QED) is 0.798. The minimum atomic E-state index is -0.539. The van der Waals surface area contributed by atoms with Crippen molar-refractivity contribution in [3.8, 4) is 0 Å². The number of carbonyl (C=O) groups is 1. The highest BCUT2D eigenvalue weighted by atomic mass is 16.5. The molecule has 1 amide bonds.